The molecular weight excluding hydrogens is 262 g/mol. The molecule has 1 aromatic heterocycles. The van der Waals surface area contributed by atoms with E-state index < -0.39 is 0 Å². The van der Waals surface area contributed by atoms with Crippen LogP contribution in [0.15, 0.2) is 0 Å². The van der Waals surface area contributed by atoms with Gasteiger partial charge < -0.3 is 10.5 Å². The maximum Gasteiger partial charge on any atom is 0.0847 e. The van der Waals surface area contributed by atoms with Crippen molar-refractivity contribution in [2.24, 2.45) is 5.73 Å². The summed E-state index contributed by atoms with van der Waals surface area (Å²) in [7, 11) is 1.77. The molecule has 1 saturated carbocycles. The number of aromatic nitrogens is 2. The summed E-state index contributed by atoms with van der Waals surface area (Å²) in [6.45, 7) is 4.82. The van der Waals surface area contributed by atoms with Crippen molar-refractivity contribution in [1.29, 1.82) is 0 Å². The van der Waals surface area contributed by atoms with Crippen molar-refractivity contribution in [2.45, 2.75) is 64.1 Å². The fourth-order valence-electron chi connectivity index (χ4n) is 3.16. The lowest BCUT2D eigenvalue weighted by atomic mass is 9.89. The minimum Gasteiger partial charge on any atom is -0.377 e. The number of aryl methyl sites for hydroxylation is 2. The fourth-order valence-corrected chi connectivity index (χ4v) is 3.37. The molecule has 2 N–H and O–H groups in total. The molecule has 1 unspecified atom stereocenters. The number of nitrogens with two attached hydrogens (primary N) is 1. The van der Waals surface area contributed by atoms with Crippen LogP contribution >= 0.6 is 11.6 Å². The Hall–Kier alpha value is -0.580. The first-order valence-electron chi connectivity index (χ1n) is 7.06. The van der Waals surface area contributed by atoms with Gasteiger partial charge in [-0.25, -0.2) is 0 Å². The summed E-state index contributed by atoms with van der Waals surface area (Å²) in [5.74, 6) is 0. The van der Waals surface area contributed by atoms with E-state index in [9.17, 15) is 0 Å². The lowest BCUT2D eigenvalue weighted by molar-refractivity contribution is -0.0257. The number of hydrogen-bond acceptors (Lipinski definition) is 3. The summed E-state index contributed by atoms with van der Waals surface area (Å²) >= 11 is 6.35. The Bertz CT molecular complexity index is 438. The number of rotatable bonds is 5. The molecule has 2 rings (SSSR count). The Labute approximate surface area is 120 Å². The molecule has 0 bridgehead atoms. The van der Waals surface area contributed by atoms with Gasteiger partial charge in [0.15, 0.2) is 0 Å². The second-order valence-electron chi connectivity index (χ2n) is 5.45. The van der Waals surface area contributed by atoms with Crippen LogP contribution in [0.3, 0.4) is 0 Å². The monoisotopic (exact) mass is 285 g/mol. The summed E-state index contributed by atoms with van der Waals surface area (Å²) in [4.78, 5) is 0. The van der Waals surface area contributed by atoms with Crippen LogP contribution in [-0.4, -0.2) is 28.5 Å². The van der Waals surface area contributed by atoms with Gasteiger partial charge in [-0.3, -0.25) is 4.68 Å². The number of nitrogens with zero attached hydrogens (tertiary/aromatic N) is 2. The van der Waals surface area contributed by atoms with Crippen molar-refractivity contribution >= 4 is 11.6 Å². The highest BCUT2D eigenvalue weighted by Gasteiger charge is 2.40. The molecule has 1 atom stereocenters. The van der Waals surface area contributed by atoms with Gasteiger partial charge in [-0.1, -0.05) is 24.4 Å². The lowest BCUT2D eigenvalue weighted by Crippen LogP contribution is -2.49. The van der Waals surface area contributed by atoms with Crippen molar-refractivity contribution < 1.29 is 4.74 Å². The van der Waals surface area contributed by atoms with E-state index in [0.717, 1.165) is 42.2 Å². The number of halogens is 1. The molecule has 0 amide bonds. The van der Waals surface area contributed by atoms with Crippen LogP contribution in [0, 0.1) is 6.92 Å². The average molecular weight is 286 g/mol. The van der Waals surface area contributed by atoms with Gasteiger partial charge >= 0.3 is 0 Å². The molecule has 1 aromatic rings. The molecule has 1 heterocycles. The van der Waals surface area contributed by atoms with Gasteiger partial charge in [0, 0.05) is 26.1 Å². The first-order chi connectivity index (χ1) is 9.04. The number of ether oxygens (including phenoxy) is 1. The molecular formula is C14H24ClN3O. The van der Waals surface area contributed by atoms with Gasteiger partial charge in [0.25, 0.3) is 0 Å². The first-order valence-corrected chi connectivity index (χ1v) is 7.44. The molecule has 0 radical (unpaired) electrons. The minimum atomic E-state index is -0.180. The third kappa shape index (κ3) is 2.67. The highest BCUT2D eigenvalue weighted by atomic mass is 35.5. The predicted molar refractivity (Wildman–Crippen MR) is 77.5 cm³/mol. The molecule has 0 spiro atoms. The second-order valence-corrected chi connectivity index (χ2v) is 5.83. The van der Waals surface area contributed by atoms with Crippen LogP contribution in [-0.2, 0) is 17.7 Å². The summed E-state index contributed by atoms with van der Waals surface area (Å²) in [5.41, 5.74) is 8.17. The van der Waals surface area contributed by atoms with E-state index in [4.69, 9.17) is 22.1 Å². The predicted octanol–water partition coefficient (Wildman–Crippen LogP) is 2.69. The topological polar surface area (TPSA) is 53.1 Å². The maximum absolute atomic E-state index is 6.43. The SMILES string of the molecule is CCn1nc(C)c(Cl)c1CC(N)C1(OC)CCCC1. The second kappa shape index (κ2) is 5.81. The van der Waals surface area contributed by atoms with Crippen molar-refractivity contribution in [3.05, 3.63) is 16.4 Å². The van der Waals surface area contributed by atoms with E-state index >= 15 is 0 Å². The van der Waals surface area contributed by atoms with Crippen LogP contribution < -0.4 is 5.73 Å². The Kier molecular flexibility index (Phi) is 4.54. The highest BCUT2D eigenvalue weighted by Crippen LogP contribution is 2.36. The summed E-state index contributed by atoms with van der Waals surface area (Å²) < 4.78 is 7.71. The van der Waals surface area contributed by atoms with E-state index in [1.807, 2.05) is 11.6 Å². The minimum absolute atomic E-state index is 0.0288. The van der Waals surface area contributed by atoms with Gasteiger partial charge in [0.1, 0.15) is 0 Å². The van der Waals surface area contributed by atoms with E-state index in [1.54, 1.807) is 7.11 Å². The molecule has 5 heteroatoms. The maximum atomic E-state index is 6.43. The molecule has 0 aromatic carbocycles. The van der Waals surface area contributed by atoms with Crippen molar-refractivity contribution in [3.8, 4) is 0 Å². The van der Waals surface area contributed by atoms with Crippen molar-refractivity contribution in [2.75, 3.05) is 7.11 Å². The quantitative estimate of drug-likeness (QED) is 0.905. The van der Waals surface area contributed by atoms with Crippen molar-refractivity contribution in [1.82, 2.24) is 9.78 Å². The van der Waals surface area contributed by atoms with E-state index in [-0.39, 0.29) is 11.6 Å². The van der Waals surface area contributed by atoms with Gasteiger partial charge in [-0.05, 0) is 26.7 Å². The molecule has 1 fully saturated rings. The van der Waals surface area contributed by atoms with Crippen LogP contribution in [0.4, 0.5) is 0 Å². The Balaban J connectivity index is 2.20. The largest absolute Gasteiger partial charge is 0.377 e. The Morgan fingerprint density at radius 1 is 1.47 bits per heavy atom. The van der Waals surface area contributed by atoms with E-state index in [2.05, 4.69) is 12.0 Å². The molecule has 0 saturated heterocycles. The lowest BCUT2D eigenvalue weighted by Gasteiger charge is -2.34. The van der Waals surface area contributed by atoms with Gasteiger partial charge in [0.05, 0.1) is 22.0 Å². The third-order valence-electron chi connectivity index (χ3n) is 4.40. The Morgan fingerprint density at radius 3 is 2.63 bits per heavy atom. The molecule has 1 aliphatic carbocycles. The molecule has 1 aliphatic rings. The smallest absolute Gasteiger partial charge is 0.0847 e. The zero-order valence-corrected chi connectivity index (χ0v) is 12.8. The van der Waals surface area contributed by atoms with Gasteiger partial charge in [-0.15, -0.1) is 0 Å². The van der Waals surface area contributed by atoms with Crippen LogP contribution in [0.25, 0.3) is 0 Å². The highest BCUT2D eigenvalue weighted by molar-refractivity contribution is 6.31. The van der Waals surface area contributed by atoms with E-state index in [0.29, 0.717) is 0 Å². The normalized spacial score (nSPS) is 19.8. The molecule has 19 heavy (non-hydrogen) atoms. The average Bonchev–Trinajstić information content (AvgIpc) is 2.99. The van der Waals surface area contributed by atoms with Crippen LogP contribution in [0.2, 0.25) is 5.02 Å². The Morgan fingerprint density at radius 2 is 2.11 bits per heavy atom. The molecule has 4 nitrogen and oxygen atoms in total. The number of hydrogen-bond donors (Lipinski definition) is 1. The van der Waals surface area contributed by atoms with Crippen molar-refractivity contribution in [3.63, 3.8) is 0 Å². The fraction of sp³-hybridized carbons (Fsp3) is 0.786. The number of methoxy groups -OCH3 is 1. The summed E-state index contributed by atoms with van der Waals surface area (Å²) in [5, 5.41) is 5.20. The first kappa shape index (κ1) is 14.8. The van der Waals surface area contributed by atoms with Gasteiger partial charge in [-0.2, -0.15) is 5.10 Å². The van der Waals surface area contributed by atoms with E-state index in [1.165, 1.54) is 12.8 Å². The third-order valence-corrected chi connectivity index (χ3v) is 4.89. The zero-order chi connectivity index (χ0) is 14.0. The zero-order valence-electron chi connectivity index (χ0n) is 12.1. The van der Waals surface area contributed by atoms with Crippen LogP contribution in [0.1, 0.15) is 44.0 Å². The van der Waals surface area contributed by atoms with Crippen LogP contribution in [0.5, 0.6) is 0 Å². The molecule has 0 aliphatic heterocycles. The standard InChI is InChI=1S/C14H24ClN3O/c1-4-18-11(13(15)10(2)17-18)9-12(16)14(19-3)7-5-6-8-14/h12H,4-9,16H2,1-3H3. The summed E-state index contributed by atoms with van der Waals surface area (Å²) in [6.07, 6.45) is 5.20. The summed E-state index contributed by atoms with van der Waals surface area (Å²) in [6, 6.07) is -0.0288. The molecule has 108 valence electrons. The van der Waals surface area contributed by atoms with Gasteiger partial charge in [0.2, 0.25) is 0 Å².